The van der Waals surface area contributed by atoms with Crippen molar-refractivity contribution in [3.05, 3.63) is 35.4 Å². The fourth-order valence-electron chi connectivity index (χ4n) is 1.21. The molecule has 0 aromatic heterocycles. The molecule has 0 spiro atoms. The van der Waals surface area contributed by atoms with E-state index in [4.69, 9.17) is 10.8 Å². The molecule has 0 radical (unpaired) electrons. The lowest BCUT2D eigenvalue weighted by Gasteiger charge is -2.00. The van der Waals surface area contributed by atoms with Gasteiger partial charge in [-0.3, -0.25) is 4.79 Å². The van der Waals surface area contributed by atoms with Crippen LogP contribution in [0, 0.1) is 11.8 Å². The minimum absolute atomic E-state index is 0.0630. The molecule has 0 heterocycles. The zero-order valence-corrected chi connectivity index (χ0v) is 8.36. The average molecular weight is 203 g/mol. The molecular formula is C12H13NO2. The van der Waals surface area contributed by atoms with Gasteiger partial charge < -0.3 is 10.8 Å². The first-order chi connectivity index (χ1) is 7.24. The topological polar surface area (TPSA) is 63.3 Å². The van der Waals surface area contributed by atoms with Crippen molar-refractivity contribution in [3.8, 4) is 11.8 Å². The summed E-state index contributed by atoms with van der Waals surface area (Å²) in [7, 11) is 0. The van der Waals surface area contributed by atoms with Crippen molar-refractivity contribution in [1.29, 1.82) is 0 Å². The zero-order chi connectivity index (χ0) is 11.1. The summed E-state index contributed by atoms with van der Waals surface area (Å²) in [6.45, 7) is 0.0918. The summed E-state index contributed by atoms with van der Waals surface area (Å²) >= 11 is 0. The number of aliphatic hydroxyl groups is 1. The number of hydrogen-bond donors (Lipinski definition) is 2. The monoisotopic (exact) mass is 203 g/mol. The Hall–Kier alpha value is -1.79. The van der Waals surface area contributed by atoms with Crippen molar-refractivity contribution < 1.29 is 9.90 Å². The molecule has 1 aromatic rings. The number of carbonyl (C=O) groups is 1. The molecular weight excluding hydrogens is 190 g/mol. The zero-order valence-electron chi connectivity index (χ0n) is 8.36. The van der Waals surface area contributed by atoms with E-state index in [9.17, 15) is 4.79 Å². The van der Waals surface area contributed by atoms with E-state index in [2.05, 4.69) is 11.8 Å². The quantitative estimate of drug-likeness (QED) is 0.700. The van der Waals surface area contributed by atoms with E-state index in [0.717, 1.165) is 11.1 Å². The fourth-order valence-corrected chi connectivity index (χ4v) is 1.21. The standard InChI is InChI=1S/C12H13NO2/c13-12(15)7-3-6-10-4-1-2-5-11(10)8-9-14/h1-2,4-5,14H,7-9H2,(H2,13,15). The van der Waals surface area contributed by atoms with E-state index in [1.54, 1.807) is 0 Å². The Labute approximate surface area is 88.9 Å². The first-order valence-electron chi connectivity index (χ1n) is 4.70. The Morgan fingerprint density at radius 3 is 2.80 bits per heavy atom. The molecule has 0 aliphatic carbocycles. The number of nitrogens with two attached hydrogens (primary N) is 1. The number of primary amides is 1. The maximum Gasteiger partial charge on any atom is 0.229 e. The Morgan fingerprint density at radius 2 is 2.13 bits per heavy atom. The lowest BCUT2D eigenvalue weighted by molar-refractivity contribution is -0.117. The van der Waals surface area contributed by atoms with Gasteiger partial charge in [-0.2, -0.15) is 0 Å². The van der Waals surface area contributed by atoms with Crippen molar-refractivity contribution >= 4 is 5.91 Å². The first-order valence-corrected chi connectivity index (χ1v) is 4.70. The number of hydrogen-bond acceptors (Lipinski definition) is 2. The predicted octanol–water partition coefficient (Wildman–Crippen LogP) is 0.448. The molecule has 0 saturated heterocycles. The van der Waals surface area contributed by atoms with Gasteiger partial charge in [-0.25, -0.2) is 0 Å². The molecule has 0 atom stereocenters. The number of rotatable bonds is 3. The molecule has 0 aliphatic heterocycles. The smallest absolute Gasteiger partial charge is 0.229 e. The Morgan fingerprint density at radius 1 is 1.40 bits per heavy atom. The molecule has 1 rings (SSSR count). The number of benzene rings is 1. The van der Waals surface area contributed by atoms with Crippen LogP contribution in [0.25, 0.3) is 0 Å². The highest BCUT2D eigenvalue weighted by Crippen LogP contribution is 2.07. The van der Waals surface area contributed by atoms with Gasteiger partial charge in [0.1, 0.15) is 0 Å². The largest absolute Gasteiger partial charge is 0.396 e. The van der Waals surface area contributed by atoms with Gasteiger partial charge in [-0.15, -0.1) is 0 Å². The van der Waals surface area contributed by atoms with Crippen LogP contribution in [0.3, 0.4) is 0 Å². The van der Waals surface area contributed by atoms with Crippen molar-refractivity contribution in [2.24, 2.45) is 5.73 Å². The lowest BCUT2D eigenvalue weighted by Crippen LogP contribution is -2.08. The van der Waals surface area contributed by atoms with Gasteiger partial charge >= 0.3 is 0 Å². The van der Waals surface area contributed by atoms with Gasteiger partial charge in [0, 0.05) is 12.2 Å². The van der Waals surface area contributed by atoms with Crippen LogP contribution in [0.1, 0.15) is 17.5 Å². The minimum atomic E-state index is -0.429. The third-order valence-electron chi connectivity index (χ3n) is 1.88. The summed E-state index contributed by atoms with van der Waals surface area (Å²) < 4.78 is 0. The molecule has 0 saturated carbocycles. The van der Waals surface area contributed by atoms with Crippen molar-refractivity contribution in [2.75, 3.05) is 6.61 Å². The summed E-state index contributed by atoms with van der Waals surface area (Å²) in [6.07, 6.45) is 0.634. The number of aliphatic hydroxyl groups excluding tert-OH is 1. The highest BCUT2D eigenvalue weighted by atomic mass is 16.2. The van der Waals surface area contributed by atoms with Gasteiger partial charge in [0.2, 0.25) is 5.91 Å². The van der Waals surface area contributed by atoms with Crippen LogP contribution in [0.4, 0.5) is 0 Å². The van der Waals surface area contributed by atoms with Crippen LogP contribution in [0.15, 0.2) is 24.3 Å². The summed E-state index contributed by atoms with van der Waals surface area (Å²) in [5, 5.41) is 8.84. The summed E-state index contributed by atoms with van der Waals surface area (Å²) in [5.41, 5.74) is 6.80. The van der Waals surface area contributed by atoms with Crippen LogP contribution < -0.4 is 5.73 Å². The van der Waals surface area contributed by atoms with Gasteiger partial charge in [0.15, 0.2) is 0 Å². The molecule has 0 unspecified atom stereocenters. The van der Waals surface area contributed by atoms with Crippen molar-refractivity contribution in [1.82, 2.24) is 0 Å². The number of carbonyl (C=O) groups excluding carboxylic acids is 1. The molecule has 1 aromatic carbocycles. The second-order valence-corrected chi connectivity index (χ2v) is 3.08. The molecule has 78 valence electrons. The first kappa shape index (κ1) is 11.3. The highest BCUT2D eigenvalue weighted by Gasteiger charge is 1.97. The molecule has 0 fully saturated rings. The van der Waals surface area contributed by atoms with E-state index < -0.39 is 5.91 Å². The van der Waals surface area contributed by atoms with Crippen LogP contribution in [-0.4, -0.2) is 17.6 Å². The van der Waals surface area contributed by atoms with Crippen molar-refractivity contribution in [3.63, 3.8) is 0 Å². The average Bonchev–Trinajstić information content (AvgIpc) is 2.20. The summed E-state index contributed by atoms with van der Waals surface area (Å²) in [5.74, 6) is 5.13. The van der Waals surface area contributed by atoms with E-state index in [1.165, 1.54) is 0 Å². The molecule has 1 amide bonds. The van der Waals surface area contributed by atoms with E-state index in [-0.39, 0.29) is 13.0 Å². The van der Waals surface area contributed by atoms with E-state index in [1.807, 2.05) is 24.3 Å². The third-order valence-corrected chi connectivity index (χ3v) is 1.88. The second kappa shape index (κ2) is 5.84. The maximum absolute atomic E-state index is 10.5. The van der Waals surface area contributed by atoms with Crippen LogP contribution in [0.2, 0.25) is 0 Å². The third kappa shape index (κ3) is 3.84. The number of amides is 1. The Bertz CT molecular complexity index is 402. The van der Waals surface area contributed by atoms with E-state index >= 15 is 0 Å². The molecule has 3 nitrogen and oxygen atoms in total. The normalized spacial score (nSPS) is 9.13. The summed E-state index contributed by atoms with van der Waals surface area (Å²) in [4.78, 5) is 10.5. The Balaban J connectivity index is 2.81. The predicted molar refractivity (Wildman–Crippen MR) is 57.9 cm³/mol. The van der Waals surface area contributed by atoms with Gasteiger partial charge in [0.05, 0.1) is 6.42 Å². The van der Waals surface area contributed by atoms with Gasteiger partial charge in [-0.1, -0.05) is 30.0 Å². The molecule has 0 bridgehead atoms. The second-order valence-electron chi connectivity index (χ2n) is 3.08. The molecule has 0 aliphatic rings. The van der Waals surface area contributed by atoms with Gasteiger partial charge in [0.25, 0.3) is 0 Å². The summed E-state index contributed by atoms with van der Waals surface area (Å²) in [6, 6.07) is 7.53. The highest BCUT2D eigenvalue weighted by molar-refractivity contribution is 5.76. The SMILES string of the molecule is NC(=O)CC#Cc1ccccc1CCO. The molecule has 15 heavy (non-hydrogen) atoms. The minimum Gasteiger partial charge on any atom is -0.396 e. The van der Waals surface area contributed by atoms with Crippen LogP contribution in [0.5, 0.6) is 0 Å². The molecule has 3 N–H and O–H groups in total. The Kier molecular flexibility index (Phi) is 4.39. The van der Waals surface area contributed by atoms with Crippen LogP contribution >= 0.6 is 0 Å². The van der Waals surface area contributed by atoms with Crippen molar-refractivity contribution in [2.45, 2.75) is 12.8 Å². The van der Waals surface area contributed by atoms with Crippen LogP contribution in [-0.2, 0) is 11.2 Å². The lowest BCUT2D eigenvalue weighted by atomic mass is 10.1. The van der Waals surface area contributed by atoms with E-state index in [0.29, 0.717) is 6.42 Å². The van der Waals surface area contributed by atoms with Gasteiger partial charge in [-0.05, 0) is 18.1 Å². The maximum atomic E-state index is 10.5. The fraction of sp³-hybridized carbons (Fsp3) is 0.250. The molecule has 3 heteroatoms.